The van der Waals surface area contributed by atoms with Crippen LogP contribution < -0.4 is 5.73 Å². The van der Waals surface area contributed by atoms with Crippen LogP contribution in [0.15, 0.2) is 29.3 Å². The maximum atomic E-state index is 5.46. The molecule has 0 aliphatic carbocycles. The first-order chi connectivity index (χ1) is 6.15. The molecule has 0 saturated heterocycles. The maximum Gasteiger partial charge on any atom is 0.0210 e. The molecule has 2 heteroatoms. The van der Waals surface area contributed by atoms with Gasteiger partial charge in [-0.3, -0.25) is 0 Å². The van der Waals surface area contributed by atoms with Crippen LogP contribution in [0.3, 0.4) is 0 Å². The number of hydrogen-bond acceptors (Lipinski definition) is 1. The third kappa shape index (κ3) is 2.68. The van der Waals surface area contributed by atoms with E-state index in [1.807, 2.05) is 0 Å². The SMILES string of the molecule is C=C(CCN)c1ccc(C)c(Br)c1. The molecule has 1 aromatic rings. The lowest BCUT2D eigenvalue weighted by Crippen LogP contribution is -1.99. The van der Waals surface area contributed by atoms with Gasteiger partial charge < -0.3 is 5.73 Å². The third-order valence-corrected chi connectivity index (χ3v) is 2.88. The number of nitrogens with two attached hydrogens (primary N) is 1. The second-order valence-corrected chi connectivity index (χ2v) is 3.96. The predicted octanol–water partition coefficient (Wildman–Crippen LogP) is 3.12. The molecule has 0 unspecified atom stereocenters. The molecule has 0 aromatic heterocycles. The summed E-state index contributed by atoms with van der Waals surface area (Å²) in [6, 6.07) is 6.26. The first-order valence-electron chi connectivity index (χ1n) is 4.29. The van der Waals surface area contributed by atoms with E-state index in [2.05, 4.69) is 47.6 Å². The standard InChI is InChI=1S/C11H14BrN/c1-8(5-6-13)10-4-3-9(2)11(12)7-10/h3-4,7H,1,5-6,13H2,2H3. The minimum absolute atomic E-state index is 0.657. The van der Waals surface area contributed by atoms with Gasteiger partial charge in [-0.25, -0.2) is 0 Å². The van der Waals surface area contributed by atoms with E-state index in [1.165, 1.54) is 11.1 Å². The van der Waals surface area contributed by atoms with Crippen LogP contribution in [0.25, 0.3) is 5.57 Å². The Morgan fingerprint density at radius 1 is 1.54 bits per heavy atom. The summed E-state index contributed by atoms with van der Waals surface area (Å²) in [5, 5.41) is 0. The quantitative estimate of drug-likeness (QED) is 0.863. The largest absolute Gasteiger partial charge is 0.330 e. The second kappa shape index (κ2) is 4.58. The van der Waals surface area contributed by atoms with E-state index in [0.717, 1.165) is 16.5 Å². The molecule has 0 amide bonds. The fraction of sp³-hybridized carbons (Fsp3) is 0.273. The minimum atomic E-state index is 0.657. The van der Waals surface area contributed by atoms with E-state index >= 15 is 0 Å². The smallest absolute Gasteiger partial charge is 0.0210 e. The fourth-order valence-electron chi connectivity index (χ4n) is 1.13. The van der Waals surface area contributed by atoms with Crippen molar-refractivity contribution in [2.45, 2.75) is 13.3 Å². The van der Waals surface area contributed by atoms with Gasteiger partial charge >= 0.3 is 0 Å². The lowest BCUT2D eigenvalue weighted by molar-refractivity contribution is 1.02. The third-order valence-electron chi connectivity index (χ3n) is 2.03. The zero-order valence-corrected chi connectivity index (χ0v) is 9.39. The molecule has 0 radical (unpaired) electrons. The van der Waals surface area contributed by atoms with Crippen molar-refractivity contribution in [2.75, 3.05) is 6.54 Å². The van der Waals surface area contributed by atoms with Gasteiger partial charge in [0.2, 0.25) is 0 Å². The van der Waals surface area contributed by atoms with Crippen LogP contribution in [0, 0.1) is 6.92 Å². The van der Waals surface area contributed by atoms with Gasteiger partial charge in [0, 0.05) is 4.47 Å². The van der Waals surface area contributed by atoms with Gasteiger partial charge in [-0.15, -0.1) is 0 Å². The highest BCUT2D eigenvalue weighted by molar-refractivity contribution is 9.10. The first-order valence-corrected chi connectivity index (χ1v) is 5.09. The van der Waals surface area contributed by atoms with Crippen LogP contribution in [0.5, 0.6) is 0 Å². The van der Waals surface area contributed by atoms with E-state index in [1.54, 1.807) is 0 Å². The maximum absolute atomic E-state index is 5.46. The Labute approximate surface area is 87.8 Å². The van der Waals surface area contributed by atoms with Crippen molar-refractivity contribution in [1.29, 1.82) is 0 Å². The Morgan fingerprint density at radius 2 is 2.23 bits per heavy atom. The van der Waals surface area contributed by atoms with Gasteiger partial charge in [-0.05, 0) is 42.7 Å². The molecule has 0 bridgehead atoms. The average molecular weight is 240 g/mol. The molecule has 0 atom stereocenters. The van der Waals surface area contributed by atoms with E-state index in [9.17, 15) is 0 Å². The summed E-state index contributed by atoms with van der Waals surface area (Å²) >= 11 is 3.49. The summed E-state index contributed by atoms with van der Waals surface area (Å²) in [4.78, 5) is 0. The van der Waals surface area contributed by atoms with E-state index in [-0.39, 0.29) is 0 Å². The summed E-state index contributed by atoms with van der Waals surface area (Å²) in [7, 11) is 0. The van der Waals surface area contributed by atoms with Gasteiger partial charge in [0.25, 0.3) is 0 Å². The van der Waals surface area contributed by atoms with Crippen molar-refractivity contribution in [3.63, 3.8) is 0 Å². The number of rotatable bonds is 3. The molecule has 0 spiro atoms. The molecule has 1 nitrogen and oxygen atoms in total. The van der Waals surface area contributed by atoms with Crippen molar-refractivity contribution < 1.29 is 0 Å². The van der Waals surface area contributed by atoms with Gasteiger partial charge in [-0.2, -0.15) is 0 Å². The Kier molecular flexibility index (Phi) is 3.70. The molecule has 0 fully saturated rings. The molecule has 1 aromatic carbocycles. The molecule has 0 heterocycles. The number of hydrogen-bond donors (Lipinski definition) is 1. The summed E-state index contributed by atoms with van der Waals surface area (Å²) in [5.41, 5.74) is 8.97. The van der Waals surface area contributed by atoms with Crippen LogP contribution >= 0.6 is 15.9 Å². The van der Waals surface area contributed by atoms with Crippen molar-refractivity contribution in [1.82, 2.24) is 0 Å². The molecular formula is C11H14BrN. The molecule has 0 aliphatic heterocycles. The lowest BCUT2D eigenvalue weighted by atomic mass is 10.0. The lowest BCUT2D eigenvalue weighted by Gasteiger charge is -2.06. The molecular weight excluding hydrogens is 226 g/mol. The monoisotopic (exact) mass is 239 g/mol. The number of benzene rings is 1. The number of halogens is 1. The number of aryl methyl sites for hydroxylation is 1. The zero-order chi connectivity index (χ0) is 9.84. The van der Waals surface area contributed by atoms with Gasteiger partial charge in [0.05, 0.1) is 0 Å². The van der Waals surface area contributed by atoms with Crippen LogP contribution in [0.1, 0.15) is 17.5 Å². The van der Waals surface area contributed by atoms with Crippen LogP contribution in [0.2, 0.25) is 0 Å². The molecule has 13 heavy (non-hydrogen) atoms. The molecule has 0 saturated carbocycles. The highest BCUT2D eigenvalue weighted by Gasteiger charge is 2.00. The van der Waals surface area contributed by atoms with Crippen LogP contribution in [0.4, 0.5) is 0 Å². The Hall–Kier alpha value is -0.600. The molecule has 2 N–H and O–H groups in total. The average Bonchev–Trinajstić information content (AvgIpc) is 2.10. The van der Waals surface area contributed by atoms with Gasteiger partial charge in [0.15, 0.2) is 0 Å². The highest BCUT2D eigenvalue weighted by atomic mass is 79.9. The van der Waals surface area contributed by atoms with Crippen molar-refractivity contribution >= 4 is 21.5 Å². The van der Waals surface area contributed by atoms with E-state index in [0.29, 0.717) is 6.54 Å². The summed E-state index contributed by atoms with van der Waals surface area (Å²) in [5.74, 6) is 0. The van der Waals surface area contributed by atoms with Crippen LogP contribution in [-0.2, 0) is 0 Å². The van der Waals surface area contributed by atoms with Crippen molar-refractivity contribution in [3.05, 3.63) is 40.4 Å². The van der Waals surface area contributed by atoms with E-state index in [4.69, 9.17) is 5.73 Å². The second-order valence-electron chi connectivity index (χ2n) is 3.11. The highest BCUT2D eigenvalue weighted by Crippen LogP contribution is 2.22. The molecule has 0 aliphatic rings. The fourth-order valence-corrected chi connectivity index (χ4v) is 1.51. The van der Waals surface area contributed by atoms with Gasteiger partial charge in [-0.1, -0.05) is 34.6 Å². The Balaban J connectivity index is 2.90. The van der Waals surface area contributed by atoms with Crippen LogP contribution in [-0.4, -0.2) is 6.54 Å². The van der Waals surface area contributed by atoms with E-state index < -0.39 is 0 Å². The summed E-state index contributed by atoms with van der Waals surface area (Å²) in [6.07, 6.45) is 0.857. The normalized spacial score (nSPS) is 10.1. The minimum Gasteiger partial charge on any atom is -0.330 e. The molecule has 70 valence electrons. The molecule has 1 rings (SSSR count). The van der Waals surface area contributed by atoms with Gasteiger partial charge in [0.1, 0.15) is 0 Å². The Morgan fingerprint density at radius 3 is 2.77 bits per heavy atom. The van der Waals surface area contributed by atoms with Crippen molar-refractivity contribution in [2.24, 2.45) is 5.73 Å². The topological polar surface area (TPSA) is 26.0 Å². The Bertz CT molecular complexity index is 318. The summed E-state index contributed by atoms with van der Waals surface area (Å²) in [6.45, 7) is 6.71. The van der Waals surface area contributed by atoms with Crippen molar-refractivity contribution in [3.8, 4) is 0 Å². The summed E-state index contributed by atoms with van der Waals surface area (Å²) < 4.78 is 1.13. The zero-order valence-electron chi connectivity index (χ0n) is 7.81. The first kappa shape index (κ1) is 10.5. The predicted molar refractivity (Wildman–Crippen MR) is 61.6 cm³/mol.